The summed E-state index contributed by atoms with van der Waals surface area (Å²) in [4.78, 5) is 21.8. The van der Waals surface area contributed by atoms with Gasteiger partial charge in [-0.1, -0.05) is 0 Å². The van der Waals surface area contributed by atoms with Gasteiger partial charge in [0, 0.05) is 23.6 Å². The number of aromatic nitrogens is 3. The Morgan fingerprint density at radius 2 is 2.43 bits per heavy atom. The van der Waals surface area contributed by atoms with Crippen LogP contribution in [-0.4, -0.2) is 15.0 Å². The molecule has 0 spiro atoms. The molecule has 0 aliphatic heterocycles. The molecule has 0 aliphatic carbocycles. The third-order valence-electron chi connectivity index (χ3n) is 1.73. The fourth-order valence-corrected chi connectivity index (χ4v) is 1.93. The lowest BCUT2D eigenvalue weighted by atomic mass is 10.3. The van der Waals surface area contributed by atoms with E-state index in [-0.39, 0.29) is 5.56 Å². The predicted molar refractivity (Wildman–Crippen MR) is 54.5 cm³/mol. The molecule has 2 aromatic rings. The van der Waals surface area contributed by atoms with Crippen molar-refractivity contribution in [2.75, 3.05) is 0 Å². The quantitative estimate of drug-likeness (QED) is 0.803. The standard InChI is InChI=1S/C9H9N3OS/c1-6-4-14-9(12-6)3-7-2-8(13)11-5-10-7/h2,4-5H,3H2,1H3,(H,10,11,13). The number of aromatic amines is 1. The van der Waals surface area contributed by atoms with Crippen molar-refractivity contribution in [2.45, 2.75) is 13.3 Å². The summed E-state index contributed by atoms with van der Waals surface area (Å²) in [6.07, 6.45) is 2.04. The Bertz CT molecular complexity index is 489. The van der Waals surface area contributed by atoms with Gasteiger partial charge in [0.15, 0.2) is 0 Å². The maximum absolute atomic E-state index is 11.0. The van der Waals surface area contributed by atoms with E-state index < -0.39 is 0 Å². The van der Waals surface area contributed by atoms with Gasteiger partial charge in [-0.2, -0.15) is 0 Å². The average Bonchev–Trinajstić information content (AvgIpc) is 2.51. The van der Waals surface area contributed by atoms with Crippen LogP contribution in [-0.2, 0) is 6.42 Å². The van der Waals surface area contributed by atoms with Crippen molar-refractivity contribution < 1.29 is 0 Å². The lowest BCUT2D eigenvalue weighted by molar-refractivity contribution is 0.987. The first kappa shape index (κ1) is 9.08. The molecule has 2 rings (SSSR count). The topological polar surface area (TPSA) is 58.6 Å². The van der Waals surface area contributed by atoms with Crippen LogP contribution in [0.1, 0.15) is 16.4 Å². The lowest BCUT2D eigenvalue weighted by Crippen LogP contribution is -2.06. The summed E-state index contributed by atoms with van der Waals surface area (Å²) in [7, 11) is 0. The smallest absolute Gasteiger partial charge is 0.250 e. The van der Waals surface area contributed by atoms with E-state index in [0.29, 0.717) is 6.42 Å². The molecule has 0 bridgehead atoms. The van der Waals surface area contributed by atoms with Crippen molar-refractivity contribution >= 4 is 11.3 Å². The monoisotopic (exact) mass is 207 g/mol. The molecule has 2 heterocycles. The van der Waals surface area contributed by atoms with Gasteiger partial charge in [0.05, 0.1) is 17.0 Å². The molecule has 1 N–H and O–H groups in total. The molecular weight excluding hydrogens is 198 g/mol. The van der Waals surface area contributed by atoms with Crippen LogP contribution in [0.5, 0.6) is 0 Å². The Hall–Kier alpha value is -1.49. The van der Waals surface area contributed by atoms with Crippen molar-refractivity contribution in [3.63, 3.8) is 0 Å². The Labute approximate surface area is 84.7 Å². The number of thiazole rings is 1. The summed E-state index contributed by atoms with van der Waals surface area (Å²) in [6.45, 7) is 1.95. The molecular formula is C9H9N3OS. The molecule has 0 saturated carbocycles. The van der Waals surface area contributed by atoms with Crippen molar-refractivity contribution in [2.24, 2.45) is 0 Å². The van der Waals surface area contributed by atoms with Crippen molar-refractivity contribution in [1.82, 2.24) is 15.0 Å². The minimum Gasteiger partial charge on any atom is -0.313 e. The number of nitrogens with one attached hydrogen (secondary N) is 1. The molecule has 0 saturated heterocycles. The second-order valence-electron chi connectivity index (χ2n) is 2.96. The molecule has 0 aromatic carbocycles. The number of nitrogens with zero attached hydrogens (tertiary/aromatic N) is 2. The van der Waals surface area contributed by atoms with Crippen LogP contribution in [0.4, 0.5) is 0 Å². The highest BCUT2D eigenvalue weighted by Crippen LogP contribution is 2.11. The summed E-state index contributed by atoms with van der Waals surface area (Å²) in [6, 6.07) is 1.50. The summed E-state index contributed by atoms with van der Waals surface area (Å²) in [5.41, 5.74) is 1.64. The normalized spacial score (nSPS) is 10.4. The van der Waals surface area contributed by atoms with Crippen LogP contribution in [0.3, 0.4) is 0 Å². The van der Waals surface area contributed by atoms with Gasteiger partial charge >= 0.3 is 0 Å². The largest absolute Gasteiger partial charge is 0.313 e. The predicted octanol–water partition coefficient (Wildman–Crippen LogP) is 1.13. The number of hydrogen-bond acceptors (Lipinski definition) is 4. The zero-order valence-electron chi connectivity index (χ0n) is 7.65. The van der Waals surface area contributed by atoms with Gasteiger partial charge in [0.25, 0.3) is 5.56 Å². The minimum atomic E-state index is -0.122. The van der Waals surface area contributed by atoms with E-state index in [4.69, 9.17) is 0 Å². The van der Waals surface area contributed by atoms with E-state index in [2.05, 4.69) is 15.0 Å². The number of rotatable bonds is 2. The SMILES string of the molecule is Cc1csc(Cc2cc(=O)[nH]cn2)n1. The van der Waals surface area contributed by atoms with Crippen molar-refractivity contribution in [3.05, 3.63) is 44.5 Å². The second-order valence-corrected chi connectivity index (χ2v) is 3.90. The number of hydrogen-bond donors (Lipinski definition) is 1. The van der Waals surface area contributed by atoms with Gasteiger partial charge in [-0.15, -0.1) is 11.3 Å². The van der Waals surface area contributed by atoms with Crippen molar-refractivity contribution in [3.8, 4) is 0 Å². The van der Waals surface area contributed by atoms with Gasteiger partial charge in [0.2, 0.25) is 0 Å². The zero-order valence-corrected chi connectivity index (χ0v) is 8.47. The lowest BCUT2D eigenvalue weighted by Gasteiger charge is -1.94. The molecule has 5 heteroatoms. The first-order chi connectivity index (χ1) is 6.74. The average molecular weight is 207 g/mol. The molecule has 0 unspecified atom stereocenters. The number of aryl methyl sites for hydroxylation is 1. The second kappa shape index (κ2) is 3.71. The Morgan fingerprint density at radius 1 is 1.57 bits per heavy atom. The van der Waals surface area contributed by atoms with E-state index in [1.165, 1.54) is 12.4 Å². The summed E-state index contributed by atoms with van der Waals surface area (Å²) < 4.78 is 0. The van der Waals surface area contributed by atoms with Gasteiger partial charge < -0.3 is 4.98 Å². The Kier molecular flexibility index (Phi) is 2.41. The van der Waals surface area contributed by atoms with Crippen LogP contribution in [0.2, 0.25) is 0 Å². The van der Waals surface area contributed by atoms with Gasteiger partial charge in [-0.3, -0.25) is 4.79 Å². The summed E-state index contributed by atoms with van der Waals surface area (Å²) in [5, 5.41) is 2.98. The van der Waals surface area contributed by atoms with E-state index in [1.807, 2.05) is 12.3 Å². The highest BCUT2D eigenvalue weighted by molar-refractivity contribution is 7.09. The van der Waals surface area contributed by atoms with Gasteiger partial charge in [-0.25, -0.2) is 9.97 Å². The van der Waals surface area contributed by atoms with Gasteiger partial charge in [-0.05, 0) is 6.92 Å². The molecule has 14 heavy (non-hydrogen) atoms. The van der Waals surface area contributed by atoms with E-state index >= 15 is 0 Å². The van der Waals surface area contributed by atoms with Crippen LogP contribution < -0.4 is 5.56 Å². The maximum Gasteiger partial charge on any atom is 0.250 e. The van der Waals surface area contributed by atoms with E-state index in [1.54, 1.807) is 11.3 Å². The third kappa shape index (κ3) is 2.05. The van der Waals surface area contributed by atoms with E-state index in [9.17, 15) is 4.79 Å². The van der Waals surface area contributed by atoms with Crippen molar-refractivity contribution in [1.29, 1.82) is 0 Å². The molecule has 2 aromatic heterocycles. The van der Waals surface area contributed by atoms with Gasteiger partial charge in [0.1, 0.15) is 0 Å². The molecule has 72 valence electrons. The van der Waals surface area contributed by atoms with Crippen LogP contribution >= 0.6 is 11.3 Å². The fraction of sp³-hybridized carbons (Fsp3) is 0.222. The number of H-pyrrole nitrogens is 1. The highest BCUT2D eigenvalue weighted by Gasteiger charge is 2.01. The van der Waals surface area contributed by atoms with E-state index in [0.717, 1.165) is 16.4 Å². The summed E-state index contributed by atoms with van der Waals surface area (Å²) >= 11 is 1.59. The van der Waals surface area contributed by atoms with Crippen LogP contribution in [0, 0.1) is 6.92 Å². The molecule has 0 radical (unpaired) electrons. The third-order valence-corrected chi connectivity index (χ3v) is 2.70. The first-order valence-corrected chi connectivity index (χ1v) is 5.06. The minimum absolute atomic E-state index is 0.122. The molecule has 0 aliphatic rings. The summed E-state index contributed by atoms with van der Waals surface area (Å²) in [5.74, 6) is 0. The Balaban J connectivity index is 2.23. The van der Waals surface area contributed by atoms with Crippen LogP contribution in [0.25, 0.3) is 0 Å². The fourth-order valence-electron chi connectivity index (χ4n) is 1.14. The first-order valence-electron chi connectivity index (χ1n) is 4.18. The molecule has 0 amide bonds. The Morgan fingerprint density at radius 3 is 3.07 bits per heavy atom. The molecule has 0 atom stereocenters. The maximum atomic E-state index is 11.0. The highest BCUT2D eigenvalue weighted by atomic mass is 32.1. The zero-order chi connectivity index (χ0) is 9.97. The molecule has 0 fully saturated rings. The van der Waals surface area contributed by atoms with Crippen LogP contribution in [0.15, 0.2) is 22.6 Å². The molecule has 4 nitrogen and oxygen atoms in total.